The van der Waals surface area contributed by atoms with Crippen LogP contribution in [0.2, 0.25) is 0 Å². The Morgan fingerprint density at radius 3 is 2.17 bits per heavy atom. The van der Waals surface area contributed by atoms with Gasteiger partial charge in [0.2, 0.25) is 0 Å². The van der Waals surface area contributed by atoms with Gasteiger partial charge in [-0.3, -0.25) is 9.59 Å². The first-order valence-electron chi connectivity index (χ1n) is 10.4. The van der Waals surface area contributed by atoms with Crippen LogP contribution in [-0.2, 0) is 4.74 Å². The summed E-state index contributed by atoms with van der Waals surface area (Å²) >= 11 is 0. The first-order chi connectivity index (χ1) is 14.4. The highest BCUT2D eigenvalue weighted by Gasteiger charge is 2.29. The van der Waals surface area contributed by atoms with Crippen molar-refractivity contribution in [2.24, 2.45) is 0 Å². The van der Waals surface area contributed by atoms with E-state index in [2.05, 4.69) is 0 Å². The Balaban J connectivity index is 1.92. The van der Waals surface area contributed by atoms with E-state index in [9.17, 15) is 9.59 Å². The lowest BCUT2D eigenvalue weighted by molar-refractivity contribution is -0.0586. The molecule has 0 radical (unpaired) electrons. The molecule has 6 heteroatoms. The van der Waals surface area contributed by atoms with Gasteiger partial charge in [0.15, 0.2) is 17.3 Å². The number of hydrogen-bond acceptors (Lipinski definition) is 5. The fourth-order valence-electron chi connectivity index (χ4n) is 3.73. The SMILES string of the molecule is CCOc1ccc(C(=O)c2ccccc2C(=O)N2CC(C)OC(C)C2)cc1OCC. The van der Waals surface area contributed by atoms with Crippen LogP contribution in [-0.4, -0.2) is 55.1 Å². The number of nitrogens with zero attached hydrogens (tertiary/aromatic N) is 1. The van der Waals surface area contributed by atoms with Gasteiger partial charge >= 0.3 is 0 Å². The average Bonchev–Trinajstić information content (AvgIpc) is 2.73. The van der Waals surface area contributed by atoms with E-state index in [0.717, 1.165) is 0 Å². The second kappa shape index (κ2) is 9.76. The summed E-state index contributed by atoms with van der Waals surface area (Å²) in [6, 6.07) is 12.1. The number of carbonyl (C=O) groups excluding carboxylic acids is 2. The van der Waals surface area contributed by atoms with Crippen molar-refractivity contribution in [1.29, 1.82) is 0 Å². The molecule has 1 amide bonds. The second-order valence-electron chi connectivity index (χ2n) is 7.37. The second-order valence-corrected chi connectivity index (χ2v) is 7.37. The van der Waals surface area contributed by atoms with Crippen molar-refractivity contribution in [1.82, 2.24) is 4.90 Å². The first-order valence-corrected chi connectivity index (χ1v) is 10.4. The van der Waals surface area contributed by atoms with Crippen molar-refractivity contribution in [2.45, 2.75) is 39.9 Å². The van der Waals surface area contributed by atoms with Crippen molar-refractivity contribution in [2.75, 3.05) is 26.3 Å². The normalized spacial score (nSPS) is 18.7. The van der Waals surface area contributed by atoms with E-state index in [-0.39, 0.29) is 23.9 Å². The van der Waals surface area contributed by atoms with Gasteiger partial charge in [-0.2, -0.15) is 0 Å². The lowest BCUT2D eigenvalue weighted by Gasteiger charge is -2.35. The maximum absolute atomic E-state index is 13.3. The summed E-state index contributed by atoms with van der Waals surface area (Å²) < 4.78 is 17.0. The summed E-state index contributed by atoms with van der Waals surface area (Å²) in [5.41, 5.74) is 1.22. The maximum Gasteiger partial charge on any atom is 0.254 e. The number of amides is 1. The molecule has 2 unspecified atom stereocenters. The smallest absolute Gasteiger partial charge is 0.254 e. The minimum atomic E-state index is -0.225. The van der Waals surface area contributed by atoms with Gasteiger partial charge in [-0.05, 0) is 52.0 Å². The molecule has 0 aliphatic carbocycles. The first kappa shape index (κ1) is 21.8. The van der Waals surface area contributed by atoms with Crippen molar-refractivity contribution < 1.29 is 23.8 Å². The molecule has 0 spiro atoms. The molecule has 1 aliphatic rings. The third kappa shape index (κ3) is 4.82. The molecule has 1 saturated heterocycles. The Bertz CT molecular complexity index is 900. The van der Waals surface area contributed by atoms with Gasteiger partial charge in [0, 0.05) is 24.2 Å². The van der Waals surface area contributed by atoms with Gasteiger partial charge < -0.3 is 19.1 Å². The minimum absolute atomic E-state index is 0.0413. The fraction of sp³-hybridized carbons (Fsp3) is 0.417. The number of carbonyl (C=O) groups is 2. The number of morpholine rings is 1. The van der Waals surface area contributed by atoms with Crippen LogP contribution in [0.1, 0.15) is 54.0 Å². The van der Waals surface area contributed by atoms with E-state index in [0.29, 0.717) is 54.5 Å². The number of rotatable bonds is 7. The standard InChI is InChI=1S/C24H29NO5/c1-5-28-21-12-11-18(13-22(21)29-6-2)23(26)19-9-7-8-10-20(19)24(27)25-14-16(3)30-17(4)15-25/h7-13,16-17H,5-6,14-15H2,1-4H3. The quantitative estimate of drug-likeness (QED) is 0.645. The van der Waals surface area contributed by atoms with Gasteiger partial charge in [0.1, 0.15) is 0 Å². The molecule has 1 heterocycles. The molecule has 2 aromatic rings. The monoisotopic (exact) mass is 411 g/mol. The van der Waals surface area contributed by atoms with Crippen LogP contribution >= 0.6 is 0 Å². The summed E-state index contributed by atoms with van der Waals surface area (Å²) in [6.07, 6.45) is -0.0825. The molecular formula is C24H29NO5. The average molecular weight is 411 g/mol. The van der Waals surface area contributed by atoms with Crippen LogP contribution in [0.25, 0.3) is 0 Å². The zero-order valence-electron chi connectivity index (χ0n) is 18.0. The third-order valence-electron chi connectivity index (χ3n) is 4.91. The van der Waals surface area contributed by atoms with Crippen molar-refractivity contribution in [3.05, 3.63) is 59.2 Å². The molecule has 2 aromatic carbocycles. The topological polar surface area (TPSA) is 65.1 Å². The van der Waals surface area contributed by atoms with Crippen molar-refractivity contribution in [3.63, 3.8) is 0 Å². The number of ketones is 1. The largest absolute Gasteiger partial charge is 0.490 e. The Morgan fingerprint density at radius 1 is 0.933 bits per heavy atom. The number of hydrogen-bond donors (Lipinski definition) is 0. The zero-order chi connectivity index (χ0) is 21.7. The van der Waals surface area contributed by atoms with E-state index in [1.165, 1.54) is 0 Å². The van der Waals surface area contributed by atoms with Gasteiger partial charge in [-0.15, -0.1) is 0 Å². The highest BCUT2D eigenvalue weighted by Crippen LogP contribution is 2.30. The molecule has 3 rings (SSSR count). The van der Waals surface area contributed by atoms with Crippen LogP contribution in [0.15, 0.2) is 42.5 Å². The van der Waals surface area contributed by atoms with Gasteiger partial charge in [0.25, 0.3) is 5.91 Å². The maximum atomic E-state index is 13.3. The predicted molar refractivity (Wildman–Crippen MR) is 115 cm³/mol. The third-order valence-corrected chi connectivity index (χ3v) is 4.91. The Labute approximate surface area is 177 Å². The number of ether oxygens (including phenoxy) is 3. The summed E-state index contributed by atoms with van der Waals surface area (Å²) in [5.74, 6) is 0.732. The van der Waals surface area contributed by atoms with Crippen LogP contribution in [0, 0.1) is 0 Å². The van der Waals surface area contributed by atoms with Crippen molar-refractivity contribution in [3.8, 4) is 11.5 Å². The summed E-state index contributed by atoms with van der Waals surface area (Å²) in [5, 5.41) is 0. The molecule has 30 heavy (non-hydrogen) atoms. The highest BCUT2D eigenvalue weighted by molar-refractivity contribution is 6.15. The van der Waals surface area contributed by atoms with Gasteiger partial charge in [-0.25, -0.2) is 0 Å². The molecule has 160 valence electrons. The van der Waals surface area contributed by atoms with E-state index in [1.54, 1.807) is 47.4 Å². The summed E-state index contributed by atoms with van der Waals surface area (Å²) in [6.45, 7) is 9.63. The van der Waals surface area contributed by atoms with E-state index < -0.39 is 0 Å². The van der Waals surface area contributed by atoms with E-state index in [4.69, 9.17) is 14.2 Å². The molecule has 1 aliphatic heterocycles. The molecule has 0 aromatic heterocycles. The Hall–Kier alpha value is -2.86. The van der Waals surface area contributed by atoms with Crippen LogP contribution < -0.4 is 9.47 Å². The van der Waals surface area contributed by atoms with Gasteiger partial charge in [0.05, 0.1) is 31.0 Å². The van der Waals surface area contributed by atoms with Crippen LogP contribution in [0.3, 0.4) is 0 Å². The zero-order valence-corrected chi connectivity index (χ0v) is 18.0. The molecule has 0 N–H and O–H groups in total. The predicted octanol–water partition coefficient (Wildman–Crippen LogP) is 3.96. The van der Waals surface area contributed by atoms with E-state index in [1.807, 2.05) is 27.7 Å². The van der Waals surface area contributed by atoms with Gasteiger partial charge in [-0.1, -0.05) is 18.2 Å². The van der Waals surface area contributed by atoms with Crippen LogP contribution in [0.5, 0.6) is 11.5 Å². The van der Waals surface area contributed by atoms with E-state index >= 15 is 0 Å². The number of benzene rings is 2. The van der Waals surface area contributed by atoms with Crippen molar-refractivity contribution >= 4 is 11.7 Å². The molecule has 0 bridgehead atoms. The minimum Gasteiger partial charge on any atom is -0.490 e. The Kier molecular flexibility index (Phi) is 7.11. The molecule has 1 fully saturated rings. The summed E-state index contributed by atoms with van der Waals surface area (Å²) in [7, 11) is 0. The molecule has 2 atom stereocenters. The highest BCUT2D eigenvalue weighted by atomic mass is 16.5. The lowest BCUT2D eigenvalue weighted by atomic mass is 9.97. The van der Waals surface area contributed by atoms with Crippen LogP contribution in [0.4, 0.5) is 0 Å². The molecule has 6 nitrogen and oxygen atoms in total. The summed E-state index contributed by atoms with van der Waals surface area (Å²) in [4.78, 5) is 28.3. The molecular weight excluding hydrogens is 382 g/mol. The fourth-order valence-corrected chi connectivity index (χ4v) is 3.73. The Morgan fingerprint density at radius 2 is 1.53 bits per heavy atom. The molecule has 0 saturated carbocycles. The lowest BCUT2D eigenvalue weighted by Crippen LogP contribution is -2.48.